The van der Waals surface area contributed by atoms with Crippen LogP contribution in [0.3, 0.4) is 0 Å². The molecule has 1 aromatic heterocycles. The van der Waals surface area contributed by atoms with Gasteiger partial charge in [-0.05, 0) is 50.3 Å². The Morgan fingerprint density at radius 2 is 2.18 bits per heavy atom. The zero-order chi connectivity index (χ0) is 12.1. The van der Waals surface area contributed by atoms with Gasteiger partial charge in [-0.15, -0.1) is 22.9 Å². The van der Waals surface area contributed by atoms with Crippen LogP contribution in [0, 0.1) is 5.92 Å². The van der Waals surface area contributed by atoms with E-state index in [1.165, 1.54) is 35.4 Å². The van der Waals surface area contributed by atoms with Gasteiger partial charge in [0, 0.05) is 21.7 Å². The maximum absolute atomic E-state index is 6.20. The SMILES string of the molecule is CCc1ccc(CNCC2CCCC(Cl)C2)s1. The average molecular weight is 272 g/mol. The number of alkyl halides is 1. The lowest BCUT2D eigenvalue weighted by atomic mass is 9.89. The Balaban J connectivity index is 1.68. The minimum Gasteiger partial charge on any atom is -0.312 e. The van der Waals surface area contributed by atoms with E-state index >= 15 is 0 Å². The van der Waals surface area contributed by atoms with E-state index in [-0.39, 0.29) is 0 Å². The van der Waals surface area contributed by atoms with Crippen LogP contribution in [-0.4, -0.2) is 11.9 Å². The Labute approximate surface area is 114 Å². The first-order valence-electron chi connectivity index (χ1n) is 6.70. The minimum absolute atomic E-state index is 0.420. The van der Waals surface area contributed by atoms with E-state index in [0.717, 1.165) is 25.4 Å². The number of hydrogen-bond donors (Lipinski definition) is 1. The minimum atomic E-state index is 0.420. The molecule has 1 aromatic rings. The highest BCUT2D eigenvalue weighted by Crippen LogP contribution is 2.27. The molecule has 0 saturated heterocycles. The fourth-order valence-electron chi connectivity index (χ4n) is 2.52. The molecule has 1 fully saturated rings. The summed E-state index contributed by atoms with van der Waals surface area (Å²) in [6.45, 7) is 4.36. The van der Waals surface area contributed by atoms with Crippen molar-refractivity contribution >= 4 is 22.9 Å². The summed E-state index contributed by atoms with van der Waals surface area (Å²) in [5.41, 5.74) is 0. The molecule has 2 unspecified atom stereocenters. The van der Waals surface area contributed by atoms with Gasteiger partial charge in [-0.25, -0.2) is 0 Å². The van der Waals surface area contributed by atoms with Crippen molar-refractivity contribution in [2.24, 2.45) is 5.92 Å². The second kappa shape index (κ2) is 6.77. The van der Waals surface area contributed by atoms with Crippen molar-refractivity contribution in [2.75, 3.05) is 6.54 Å². The lowest BCUT2D eigenvalue weighted by Crippen LogP contribution is -2.27. The number of hydrogen-bond acceptors (Lipinski definition) is 2. The molecule has 1 heterocycles. The van der Waals surface area contributed by atoms with E-state index in [9.17, 15) is 0 Å². The van der Waals surface area contributed by atoms with Crippen LogP contribution in [0.4, 0.5) is 0 Å². The first-order chi connectivity index (χ1) is 8.28. The third-order valence-corrected chi connectivity index (χ3v) is 5.14. The van der Waals surface area contributed by atoms with Crippen molar-refractivity contribution in [3.05, 3.63) is 21.9 Å². The normalized spacial score (nSPS) is 25.1. The fraction of sp³-hybridized carbons (Fsp3) is 0.714. The third kappa shape index (κ3) is 4.27. The van der Waals surface area contributed by atoms with Crippen LogP contribution in [0.15, 0.2) is 12.1 Å². The Kier molecular flexibility index (Phi) is 5.33. The molecule has 1 aliphatic carbocycles. The molecule has 1 aliphatic rings. The smallest absolute Gasteiger partial charge is 0.0339 e. The van der Waals surface area contributed by atoms with Crippen LogP contribution >= 0.6 is 22.9 Å². The Hall–Kier alpha value is -0.0500. The molecule has 0 aliphatic heterocycles. The maximum Gasteiger partial charge on any atom is 0.0339 e. The van der Waals surface area contributed by atoms with Crippen molar-refractivity contribution < 1.29 is 0 Å². The molecule has 3 heteroatoms. The quantitative estimate of drug-likeness (QED) is 0.792. The highest BCUT2D eigenvalue weighted by Gasteiger charge is 2.19. The zero-order valence-corrected chi connectivity index (χ0v) is 12.1. The lowest BCUT2D eigenvalue weighted by Gasteiger charge is -2.25. The zero-order valence-electron chi connectivity index (χ0n) is 10.5. The van der Waals surface area contributed by atoms with Crippen molar-refractivity contribution in [1.82, 2.24) is 5.32 Å². The average Bonchev–Trinajstić information content (AvgIpc) is 2.77. The largest absolute Gasteiger partial charge is 0.312 e. The van der Waals surface area contributed by atoms with Gasteiger partial charge in [0.05, 0.1) is 0 Å². The molecule has 17 heavy (non-hydrogen) atoms. The first kappa shape index (κ1) is 13.4. The van der Waals surface area contributed by atoms with E-state index in [0.29, 0.717) is 5.38 Å². The molecule has 0 aromatic carbocycles. The molecule has 0 bridgehead atoms. The van der Waals surface area contributed by atoms with Crippen molar-refractivity contribution in [3.8, 4) is 0 Å². The fourth-order valence-corrected chi connectivity index (χ4v) is 3.85. The van der Waals surface area contributed by atoms with E-state index in [2.05, 4.69) is 24.4 Å². The van der Waals surface area contributed by atoms with Crippen LogP contribution in [0.25, 0.3) is 0 Å². The first-order valence-corrected chi connectivity index (χ1v) is 7.95. The van der Waals surface area contributed by atoms with E-state index in [1.807, 2.05) is 11.3 Å². The number of thiophene rings is 1. The second-order valence-electron chi connectivity index (χ2n) is 4.98. The Bertz CT molecular complexity index is 337. The summed E-state index contributed by atoms with van der Waals surface area (Å²) in [6.07, 6.45) is 6.21. The van der Waals surface area contributed by atoms with Crippen LogP contribution in [0.5, 0.6) is 0 Å². The van der Waals surface area contributed by atoms with Gasteiger partial charge in [-0.3, -0.25) is 0 Å². The highest BCUT2D eigenvalue weighted by molar-refractivity contribution is 7.11. The van der Waals surface area contributed by atoms with Gasteiger partial charge in [0.15, 0.2) is 0 Å². The Morgan fingerprint density at radius 1 is 1.35 bits per heavy atom. The molecule has 0 radical (unpaired) electrons. The topological polar surface area (TPSA) is 12.0 Å². The third-order valence-electron chi connectivity index (χ3n) is 3.52. The number of halogens is 1. The molecular weight excluding hydrogens is 250 g/mol. The van der Waals surface area contributed by atoms with Crippen molar-refractivity contribution in [3.63, 3.8) is 0 Å². The van der Waals surface area contributed by atoms with Crippen LogP contribution in [0.1, 0.15) is 42.4 Å². The number of nitrogens with one attached hydrogen (secondary N) is 1. The summed E-state index contributed by atoms with van der Waals surface area (Å²) in [5.74, 6) is 0.789. The van der Waals surface area contributed by atoms with Crippen LogP contribution in [0.2, 0.25) is 0 Å². The van der Waals surface area contributed by atoms with Gasteiger partial charge in [-0.2, -0.15) is 0 Å². The second-order valence-corrected chi connectivity index (χ2v) is 6.85. The highest BCUT2D eigenvalue weighted by atomic mass is 35.5. The predicted octanol–water partition coefficient (Wildman–Crippen LogP) is 4.20. The number of aryl methyl sites for hydroxylation is 1. The number of rotatable bonds is 5. The molecule has 96 valence electrons. The summed E-state index contributed by atoms with van der Waals surface area (Å²) in [4.78, 5) is 2.94. The Morgan fingerprint density at radius 3 is 2.88 bits per heavy atom. The van der Waals surface area contributed by atoms with E-state index < -0.39 is 0 Å². The summed E-state index contributed by atoms with van der Waals surface area (Å²) >= 11 is 8.14. The molecule has 1 nitrogen and oxygen atoms in total. The summed E-state index contributed by atoms with van der Waals surface area (Å²) < 4.78 is 0. The van der Waals surface area contributed by atoms with E-state index in [4.69, 9.17) is 11.6 Å². The molecule has 2 atom stereocenters. The summed E-state index contributed by atoms with van der Waals surface area (Å²) in [7, 11) is 0. The van der Waals surface area contributed by atoms with Gasteiger partial charge >= 0.3 is 0 Å². The molecular formula is C14H22ClNS. The van der Waals surface area contributed by atoms with Crippen molar-refractivity contribution in [2.45, 2.75) is 50.9 Å². The molecule has 1 saturated carbocycles. The van der Waals surface area contributed by atoms with Crippen LogP contribution in [-0.2, 0) is 13.0 Å². The maximum atomic E-state index is 6.20. The van der Waals surface area contributed by atoms with Gasteiger partial charge < -0.3 is 5.32 Å². The van der Waals surface area contributed by atoms with Gasteiger partial charge in [0.25, 0.3) is 0 Å². The predicted molar refractivity (Wildman–Crippen MR) is 77.0 cm³/mol. The van der Waals surface area contributed by atoms with Gasteiger partial charge in [0.2, 0.25) is 0 Å². The molecule has 0 spiro atoms. The summed E-state index contributed by atoms with van der Waals surface area (Å²) in [6, 6.07) is 4.50. The van der Waals surface area contributed by atoms with E-state index in [1.54, 1.807) is 0 Å². The standard InChI is InChI=1S/C14H22ClNS/c1-2-13-6-7-14(17-13)10-16-9-11-4-3-5-12(15)8-11/h6-7,11-12,16H,2-5,8-10H2,1H3. The van der Waals surface area contributed by atoms with Gasteiger partial charge in [0.1, 0.15) is 0 Å². The monoisotopic (exact) mass is 271 g/mol. The molecule has 1 N–H and O–H groups in total. The lowest BCUT2D eigenvalue weighted by molar-refractivity contribution is 0.346. The molecule has 2 rings (SSSR count). The summed E-state index contributed by atoms with van der Waals surface area (Å²) in [5, 5.41) is 4.00. The van der Waals surface area contributed by atoms with Gasteiger partial charge in [-0.1, -0.05) is 13.3 Å². The van der Waals surface area contributed by atoms with Crippen molar-refractivity contribution in [1.29, 1.82) is 0 Å². The van der Waals surface area contributed by atoms with Crippen LogP contribution < -0.4 is 5.32 Å². The molecule has 0 amide bonds.